The summed E-state index contributed by atoms with van der Waals surface area (Å²) in [7, 11) is 1.74. The predicted molar refractivity (Wildman–Crippen MR) is 71.4 cm³/mol. The van der Waals surface area contributed by atoms with Crippen molar-refractivity contribution < 1.29 is 9.53 Å². The van der Waals surface area contributed by atoms with Gasteiger partial charge in [-0.2, -0.15) is 0 Å². The summed E-state index contributed by atoms with van der Waals surface area (Å²) in [6.45, 7) is 5.64. The van der Waals surface area contributed by atoms with E-state index in [9.17, 15) is 4.79 Å². The Labute approximate surface area is 110 Å². The minimum Gasteiger partial charge on any atom is -0.385 e. The summed E-state index contributed by atoms with van der Waals surface area (Å²) < 4.78 is 5.14. The molecule has 2 rings (SSSR count). The van der Waals surface area contributed by atoms with Crippen molar-refractivity contribution in [3.63, 3.8) is 0 Å². The van der Waals surface area contributed by atoms with Crippen LogP contribution in [0.5, 0.6) is 0 Å². The van der Waals surface area contributed by atoms with E-state index < -0.39 is 0 Å². The number of carbonyl (C=O) groups is 1. The molecular weight excluding hydrogens is 228 g/mol. The molecule has 1 saturated heterocycles. The van der Waals surface area contributed by atoms with E-state index in [1.807, 2.05) is 0 Å². The molecule has 0 radical (unpaired) electrons. The Morgan fingerprint density at radius 1 is 1.28 bits per heavy atom. The SMILES string of the molecule is COCCC1(CNC(=O)C2(C)CCNCC2)CC1. The highest BCUT2D eigenvalue weighted by Crippen LogP contribution is 2.48. The summed E-state index contributed by atoms with van der Waals surface area (Å²) >= 11 is 0. The summed E-state index contributed by atoms with van der Waals surface area (Å²) in [6.07, 6.45) is 5.43. The minimum atomic E-state index is -0.164. The predicted octanol–water partition coefficient (Wildman–Crippen LogP) is 1.31. The second-order valence-corrected chi connectivity index (χ2v) is 6.24. The number of amides is 1. The highest BCUT2D eigenvalue weighted by atomic mass is 16.5. The van der Waals surface area contributed by atoms with Gasteiger partial charge in [-0.15, -0.1) is 0 Å². The number of carbonyl (C=O) groups excluding carboxylic acids is 1. The van der Waals surface area contributed by atoms with E-state index in [4.69, 9.17) is 4.74 Å². The van der Waals surface area contributed by atoms with Crippen LogP contribution < -0.4 is 10.6 Å². The van der Waals surface area contributed by atoms with Gasteiger partial charge in [-0.05, 0) is 50.6 Å². The van der Waals surface area contributed by atoms with Gasteiger partial charge in [0.05, 0.1) is 0 Å². The molecule has 4 heteroatoms. The van der Waals surface area contributed by atoms with Crippen LogP contribution in [0.4, 0.5) is 0 Å². The Morgan fingerprint density at radius 2 is 1.94 bits per heavy atom. The fourth-order valence-corrected chi connectivity index (χ4v) is 2.70. The van der Waals surface area contributed by atoms with Gasteiger partial charge in [0.1, 0.15) is 0 Å². The van der Waals surface area contributed by atoms with Crippen molar-refractivity contribution >= 4 is 5.91 Å². The first-order valence-corrected chi connectivity index (χ1v) is 7.08. The van der Waals surface area contributed by atoms with Gasteiger partial charge in [-0.3, -0.25) is 4.79 Å². The van der Waals surface area contributed by atoms with E-state index in [0.717, 1.165) is 45.5 Å². The van der Waals surface area contributed by atoms with Gasteiger partial charge in [0.2, 0.25) is 5.91 Å². The largest absolute Gasteiger partial charge is 0.385 e. The van der Waals surface area contributed by atoms with Crippen molar-refractivity contribution in [1.29, 1.82) is 0 Å². The average Bonchev–Trinajstić information content (AvgIpc) is 3.15. The van der Waals surface area contributed by atoms with E-state index in [0.29, 0.717) is 5.41 Å². The third-order valence-corrected chi connectivity index (χ3v) is 4.67. The van der Waals surface area contributed by atoms with Gasteiger partial charge in [-0.25, -0.2) is 0 Å². The zero-order valence-corrected chi connectivity index (χ0v) is 11.7. The molecule has 0 aromatic carbocycles. The summed E-state index contributed by atoms with van der Waals surface area (Å²) in [4.78, 5) is 12.3. The maximum absolute atomic E-state index is 12.3. The van der Waals surface area contributed by atoms with Crippen molar-refractivity contribution in [3.05, 3.63) is 0 Å². The first-order chi connectivity index (χ1) is 8.60. The maximum Gasteiger partial charge on any atom is 0.226 e. The minimum absolute atomic E-state index is 0.164. The van der Waals surface area contributed by atoms with Crippen LogP contribution in [0.1, 0.15) is 39.0 Å². The highest BCUT2D eigenvalue weighted by molar-refractivity contribution is 5.82. The molecule has 1 saturated carbocycles. The molecule has 0 aromatic rings. The van der Waals surface area contributed by atoms with Crippen LogP contribution in [0, 0.1) is 10.8 Å². The molecule has 104 valence electrons. The monoisotopic (exact) mass is 254 g/mol. The molecule has 4 nitrogen and oxygen atoms in total. The lowest BCUT2D eigenvalue weighted by atomic mass is 9.80. The molecule has 1 aliphatic carbocycles. The number of nitrogens with one attached hydrogen (secondary N) is 2. The number of ether oxygens (including phenoxy) is 1. The summed E-state index contributed by atoms with van der Waals surface area (Å²) in [5.41, 5.74) is 0.178. The molecule has 0 aromatic heterocycles. The second kappa shape index (κ2) is 5.57. The smallest absolute Gasteiger partial charge is 0.226 e. The fourth-order valence-electron chi connectivity index (χ4n) is 2.70. The van der Waals surface area contributed by atoms with Crippen molar-refractivity contribution in [2.24, 2.45) is 10.8 Å². The number of piperidine rings is 1. The van der Waals surface area contributed by atoms with Crippen LogP contribution >= 0.6 is 0 Å². The van der Waals surface area contributed by atoms with E-state index in [2.05, 4.69) is 17.6 Å². The molecule has 0 spiro atoms. The van der Waals surface area contributed by atoms with Gasteiger partial charge < -0.3 is 15.4 Å². The standard InChI is InChI=1S/C14H26N2O2/c1-13(5-8-15-9-6-13)12(17)16-11-14(3-4-14)7-10-18-2/h15H,3-11H2,1-2H3,(H,16,17). The lowest BCUT2D eigenvalue weighted by molar-refractivity contribution is -0.131. The zero-order valence-electron chi connectivity index (χ0n) is 11.7. The fraction of sp³-hybridized carbons (Fsp3) is 0.929. The van der Waals surface area contributed by atoms with Gasteiger partial charge in [-0.1, -0.05) is 6.92 Å². The van der Waals surface area contributed by atoms with Crippen LogP contribution in [0.15, 0.2) is 0 Å². The van der Waals surface area contributed by atoms with Gasteiger partial charge >= 0.3 is 0 Å². The van der Waals surface area contributed by atoms with Crippen molar-refractivity contribution in [2.45, 2.75) is 39.0 Å². The first kappa shape index (κ1) is 13.8. The van der Waals surface area contributed by atoms with Crippen molar-refractivity contribution in [2.75, 3.05) is 33.4 Å². The van der Waals surface area contributed by atoms with Gasteiger partial charge in [0.25, 0.3) is 0 Å². The third kappa shape index (κ3) is 3.23. The summed E-state index contributed by atoms with van der Waals surface area (Å²) in [5.74, 6) is 0.243. The highest BCUT2D eigenvalue weighted by Gasteiger charge is 2.43. The summed E-state index contributed by atoms with van der Waals surface area (Å²) in [6, 6.07) is 0. The van der Waals surface area contributed by atoms with Gasteiger partial charge in [0.15, 0.2) is 0 Å². The van der Waals surface area contributed by atoms with Crippen LogP contribution in [0.3, 0.4) is 0 Å². The maximum atomic E-state index is 12.3. The Bertz CT molecular complexity index is 294. The molecule has 0 bridgehead atoms. The lowest BCUT2D eigenvalue weighted by Crippen LogP contribution is -2.47. The second-order valence-electron chi connectivity index (χ2n) is 6.24. The Morgan fingerprint density at radius 3 is 2.50 bits per heavy atom. The van der Waals surface area contributed by atoms with Crippen LogP contribution in [0.25, 0.3) is 0 Å². The molecule has 2 aliphatic rings. The number of hydrogen-bond donors (Lipinski definition) is 2. The molecular formula is C14H26N2O2. The summed E-state index contributed by atoms with van der Waals surface area (Å²) in [5, 5.41) is 6.49. The van der Waals surface area contributed by atoms with E-state index >= 15 is 0 Å². The third-order valence-electron chi connectivity index (χ3n) is 4.67. The molecule has 1 amide bonds. The Hall–Kier alpha value is -0.610. The number of hydrogen-bond acceptors (Lipinski definition) is 3. The van der Waals surface area contributed by atoms with Crippen LogP contribution in [-0.4, -0.2) is 39.3 Å². The number of methoxy groups -OCH3 is 1. The zero-order chi connectivity index (χ0) is 13.1. The topological polar surface area (TPSA) is 50.4 Å². The number of rotatable bonds is 6. The van der Waals surface area contributed by atoms with Crippen molar-refractivity contribution in [1.82, 2.24) is 10.6 Å². The Kier molecular flexibility index (Phi) is 4.28. The van der Waals surface area contributed by atoms with Crippen LogP contribution in [-0.2, 0) is 9.53 Å². The van der Waals surface area contributed by atoms with E-state index in [-0.39, 0.29) is 11.3 Å². The van der Waals surface area contributed by atoms with Gasteiger partial charge in [0, 0.05) is 25.7 Å². The molecule has 18 heavy (non-hydrogen) atoms. The quantitative estimate of drug-likeness (QED) is 0.751. The molecule has 0 unspecified atom stereocenters. The average molecular weight is 254 g/mol. The van der Waals surface area contributed by atoms with E-state index in [1.165, 1.54) is 12.8 Å². The molecule has 1 heterocycles. The Balaban J connectivity index is 1.77. The molecule has 2 fully saturated rings. The van der Waals surface area contributed by atoms with Crippen molar-refractivity contribution in [3.8, 4) is 0 Å². The molecule has 0 atom stereocenters. The lowest BCUT2D eigenvalue weighted by Gasteiger charge is -2.33. The first-order valence-electron chi connectivity index (χ1n) is 7.08. The molecule has 1 aliphatic heterocycles. The van der Waals surface area contributed by atoms with E-state index in [1.54, 1.807) is 7.11 Å². The van der Waals surface area contributed by atoms with Crippen LogP contribution in [0.2, 0.25) is 0 Å². The normalized spacial score (nSPS) is 24.6. The molecule has 2 N–H and O–H groups in total.